The van der Waals surface area contributed by atoms with Gasteiger partial charge in [0.05, 0.1) is 29.3 Å². The Bertz CT molecular complexity index is 2090. The van der Waals surface area contributed by atoms with Crippen LogP contribution in [-0.4, -0.2) is 129 Å². The summed E-state index contributed by atoms with van der Waals surface area (Å²) in [6.45, 7) is 17.1. The minimum absolute atomic E-state index is 0.102. The van der Waals surface area contributed by atoms with Crippen molar-refractivity contribution in [2.75, 3.05) is 12.4 Å². The molecule has 0 bridgehead atoms. The number of carbonyl (C=O) groups is 5. The van der Waals surface area contributed by atoms with E-state index in [1.807, 2.05) is 19.1 Å². The fourth-order valence-corrected chi connectivity index (χ4v) is 10.6. The van der Waals surface area contributed by atoms with Crippen molar-refractivity contribution in [3.05, 3.63) is 51.4 Å². The number of aromatic amines is 1. The number of nitrogens with two attached hydrogens (primary N) is 1. The SMILES string of the molecule is C=C1CC[C@@H](O[C@H]2C[C@@](O)(C(C)C(=O)Nc3[nH]c(C)c(Cl)c3Cl)[C@H](O)[C@@H](C)O2)[C@@H]2C=C[C@H](C)[C@H](/C(O)=C3/C(=O)C(C(C)C)N([C@H]4O[C@@H](C)[C@H](OC(N)=O)[C@H](OC(C)=O)[C@@H]4OC)C3=O)[C@@H]12. The Hall–Kier alpha value is -4.01. The molecule has 18 nitrogen and oxygen atoms in total. The molecule has 354 valence electrons. The summed E-state index contributed by atoms with van der Waals surface area (Å²) in [6.07, 6.45) is -6.95. The molecule has 4 fully saturated rings. The minimum Gasteiger partial charge on any atom is -0.511 e. The number of aryl methyl sites for hydroxylation is 1. The quantitative estimate of drug-likeness (QED) is 0.0582. The van der Waals surface area contributed by atoms with Crippen LogP contribution < -0.4 is 11.1 Å². The first-order chi connectivity index (χ1) is 29.9. The molecule has 16 atom stereocenters. The van der Waals surface area contributed by atoms with Gasteiger partial charge < -0.3 is 59.8 Å². The number of ketones is 1. The second kappa shape index (κ2) is 19.1. The smallest absolute Gasteiger partial charge is 0.405 e. The zero-order valence-electron chi connectivity index (χ0n) is 37.3. The molecule has 3 aliphatic heterocycles. The standard InChI is InChI=1S/C44H60Cl2N4O14/c1-16(2)32-34(53)29(41(56)50(32)42-37(59-10)36(62-23(9)51)35(21(7)61-42)64-43(47)57)33(52)28-18(4)11-13-24-25(14-12-17(3)27(24)28)63-26-15-44(58,38(54)22(8)60-26)19(5)40(55)49-39-31(46)30(45)20(6)48-39/h11,13,16,18-19,21-22,24-28,32,35-38,42,48,52,54,58H,3,12,14-15H2,1-2,4-10H3,(H2,47,57)(H,49,55)/b33-29+/t18-,19?,21-,22+,24-,25+,26-,27-,28-,32?,35-,36-,37-,38+,42-,44+/m0/s1. The highest BCUT2D eigenvalue weighted by Crippen LogP contribution is 2.51. The molecule has 3 amide bonds. The maximum Gasteiger partial charge on any atom is 0.405 e. The fraction of sp³-hybridized carbons (Fsp3) is 0.659. The van der Waals surface area contributed by atoms with Crippen LogP contribution in [0.4, 0.5) is 10.6 Å². The van der Waals surface area contributed by atoms with Gasteiger partial charge in [0.15, 0.2) is 30.5 Å². The average molecular weight is 940 g/mol. The third-order valence-corrected chi connectivity index (χ3v) is 14.5. The number of allylic oxidation sites excluding steroid dienone is 3. The lowest BCUT2D eigenvalue weighted by Crippen LogP contribution is -2.66. The molecular formula is C44H60Cl2N4O14. The van der Waals surface area contributed by atoms with Crippen molar-refractivity contribution < 1.29 is 67.7 Å². The molecule has 3 saturated heterocycles. The number of esters is 1. The summed E-state index contributed by atoms with van der Waals surface area (Å²) in [6, 6.07) is -1.15. The molecule has 1 saturated carbocycles. The summed E-state index contributed by atoms with van der Waals surface area (Å²) in [7, 11) is 1.29. The second-order valence-corrected chi connectivity index (χ2v) is 18.8. The van der Waals surface area contributed by atoms with Crippen molar-refractivity contribution in [2.24, 2.45) is 41.2 Å². The first-order valence-electron chi connectivity index (χ1n) is 21.5. The van der Waals surface area contributed by atoms with Gasteiger partial charge in [0.25, 0.3) is 5.91 Å². The monoisotopic (exact) mass is 938 g/mol. The van der Waals surface area contributed by atoms with Gasteiger partial charge in [-0.1, -0.05) is 75.2 Å². The van der Waals surface area contributed by atoms with Gasteiger partial charge in [-0.3, -0.25) is 24.1 Å². The maximum absolute atomic E-state index is 14.8. The number of Topliss-reactive ketones (excluding diaryl/α,β-unsaturated/α-hetero) is 1. The third-order valence-electron chi connectivity index (χ3n) is 13.6. The van der Waals surface area contributed by atoms with Gasteiger partial charge >= 0.3 is 12.1 Å². The molecule has 0 spiro atoms. The van der Waals surface area contributed by atoms with E-state index in [0.29, 0.717) is 18.5 Å². The molecule has 7 N–H and O–H groups in total. The van der Waals surface area contributed by atoms with Gasteiger partial charge in [0.2, 0.25) is 5.91 Å². The molecule has 1 aromatic heterocycles. The normalized spacial score (nSPS) is 37.9. The summed E-state index contributed by atoms with van der Waals surface area (Å²) in [4.78, 5) is 71.1. The number of nitrogens with one attached hydrogen (secondary N) is 2. The number of methoxy groups -OCH3 is 1. The molecule has 20 heteroatoms. The number of aromatic nitrogens is 1. The number of ether oxygens (including phenoxy) is 6. The highest BCUT2D eigenvalue weighted by atomic mass is 35.5. The number of rotatable bonds is 11. The Labute approximate surface area is 381 Å². The lowest BCUT2D eigenvalue weighted by molar-refractivity contribution is -0.299. The molecule has 6 rings (SSSR count). The van der Waals surface area contributed by atoms with Crippen LogP contribution in [-0.2, 0) is 47.6 Å². The lowest BCUT2D eigenvalue weighted by atomic mass is 9.61. The number of likely N-dealkylation sites (tertiary alicyclic amines) is 1. The summed E-state index contributed by atoms with van der Waals surface area (Å²) < 4.78 is 35.6. The van der Waals surface area contributed by atoms with Crippen LogP contribution in [0.2, 0.25) is 10.0 Å². The Morgan fingerprint density at radius 1 is 1.05 bits per heavy atom. The van der Waals surface area contributed by atoms with E-state index in [0.717, 1.165) is 12.5 Å². The van der Waals surface area contributed by atoms with E-state index >= 15 is 0 Å². The molecular weight excluding hydrogens is 879 g/mol. The topological polar surface area (TPSA) is 258 Å². The number of fused-ring (bicyclic) bond motifs is 1. The molecule has 2 aliphatic carbocycles. The van der Waals surface area contributed by atoms with Crippen molar-refractivity contribution in [1.82, 2.24) is 9.88 Å². The van der Waals surface area contributed by atoms with Crippen molar-refractivity contribution in [3.8, 4) is 0 Å². The molecule has 64 heavy (non-hydrogen) atoms. The maximum atomic E-state index is 14.8. The summed E-state index contributed by atoms with van der Waals surface area (Å²) in [5, 5.41) is 38.7. The van der Waals surface area contributed by atoms with Gasteiger partial charge in [-0.05, 0) is 51.4 Å². The van der Waals surface area contributed by atoms with Crippen molar-refractivity contribution >= 4 is 58.7 Å². The number of nitrogens with zero attached hydrogens (tertiary/aromatic N) is 1. The number of aliphatic hydroxyl groups excluding tert-OH is 2. The number of halogens is 2. The van der Waals surface area contributed by atoms with Gasteiger partial charge in [0, 0.05) is 38.0 Å². The number of aliphatic hydroxyl groups is 3. The molecule has 0 aromatic carbocycles. The second-order valence-electron chi connectivity index (χ2n) is 18.1. The Balaban J connectivity index is 1.28. The first-order valence-corrected chi connectivity index (χ1v) is 22.2. The van der Waals surface area contributed by atoms with Crippen LogP contribution in [0.5, 0.6) is 0 Å². The number of hydrogen-bond donors (Lipinski definition) is 6. The number of anilines is 1. The number of hydrogen-bond acceptors (Lipinski definition) is 14. The molecule has 0 radical (unpaired) electrons. The van der Waals surface area contributed by atoms with Crippen LogP contribution >= 0.6 is 23.2 Å². The third kappa shape index (κ3) is 8.96. The highest BCUT2D eigenvalue weighted by molar-refractivity contribution is 6.44. The number of primary amides is 1. The van der Waals surface area contributed by atoms with Crippen molar-refractivity contribution in [1.29, 1.82) is 0 Å². The zero-order valence-corrected chi connectivity index (χ0v) is 38.8. The van der Waals surface area contributed by atoms with E-state index in [4.69, 9.17) is 57.4 Å². The van der Waals surface area contributed by atoms with Crippen molar-refractivity contribution in [3.63, 3.8) is 0 Å². The number of H-pyrrole nitrogens is 1. The van der Waals surface area contributed by atoms with Crippen LogP contribution in [0.25, 0.3) is 0 Å². The van der Waals surface area contributed by atoms with E-state index in [2.05, 4.69) is 16.9 Å². The van der Waals surface area contributed by atoms with E-state index in [9.17, 15) is 39.3 Å². The molecule has 4 heterocycles. The van der Waals surface area contributed by atoms with Gasteiger partial charge in [0.1, 0.15) is 46.0 Å². The molecule has 2 unspecified atom stereocenters. The summed E-state index contributed by atoms with van der Waals surface area (Å²) in [5.41, 5.74) is 4.18. The Morgan fingerprint density at radius 3 is 2.30 bits per heavy atom. The molecule has 1 aromatic rings. The zero-order chi connectivity index (χ0) is 47.4. The Kier molecular flexibility index (Phi) is 14.7. The van der Waals surface area contributed by atoms with Crippen LogP contribution in [0.15, 0.2) is 35.6 Å². The Morgan fingerprint density at radius 2 is 1.72 bits per heavy atom. The van der Waals surface area contributed by atoms with E-state index in [-0.39, 0.29) is 22.3 Å². The highest BCUT2D eigenvalue weighted by Gasteiger charge is 2.59. The number of carbonyl (C=O) groups excluding carboxylic acids is 5. The van der Waals surface area contributed by atoms with E-state index in [1.54, 1.807) is 27.7 Å². The van der Waals surface area contributed by atoms with Gasteiger partial charge in [-0.2, -0.15) is 0 Å². The lowest BCUT2D eigenvalue weighted by Gasteiger charge is -2.49. The van der Waals surface area contributed by atoms with Crippen molar-refractivity contribution in [2.45, 2.75) is 142 Å². The predicted molar refractivity (Wildman–Crippen MR) is 231 cm³/mol. The van der Waals surface area contributed by atoms with Gasteiger partial charge in [-0.25, -0.2) is 4.79 Å². The van der Waals surface area contributed by atoms with E-state index < -0.39 is 143 Å². The summed E-state index contributed by atoms with van der Waals surface area (Å²) in [5.74, 6) is -7.02. The van der Waals surface area contributed by atoms with E-state index in [1.165, 1.54) is 25.9 Å². The average Bonchev–Trinajstić information content (AvgIpc) is 3.62. The van der Waals surface area contributed by atoms with Gasteiger partial charge in [-0.15, -0.1) is 0 Å². The largest absolute Gasteiger partial charge is 0.511 e. The van der Waals surface area contributed by atoms with Crippen LogP contribution in [0.3, 0.4) is 0 Å². The molecule has 5 aliphatic rings. The van der Waals surface area contributed by atoms with Crippen LogP contribution in [0.1, 0.15) is 73.4 Å². The first kappa shape index (κ1) is 49.4. The van der Waals surface area contributed by atoms with Crippen LogP contribution in [0, 0.1) is 42.4 Å². The fourth-order valence-electron chi connectivity index (χ4n) is 10.3. The summed E-state index contributed by atoms with van der Waals surface area (Å²) >= 11 is 12.5. The predicted octanol–water partition coefficient (Wildman–Crippen LogP) is 4.62. The number of amides is 3. The minimum atomic E-state index is -2.01.